The highest BCUT2D eigenvalue weighted by molar-refractivity contribution is 8.00. The maximum atomic E-state index is 13.2. The molecule has 2 rings (SSSR count). The summed E-state index contributed by atoms with van der Waals surface area (Å²) < 4.78 is 39.5. The first-order valence-corrected chi connectivity index (χ1v) is 8.49. The van der Waals surface area contributed by atoms with Gasteiger partial charge in [-0.3, -0.25) is 4.79 Å². The molecule has 0 saturated heterocycles. The number of rotatable bonds is 5. The third-order valence-corrected chi connectivity index (χ3v) is 4.73. The number of carbonyl (C=O) groups excluding carboxylic acids is 1. The van der Waals surface area contributed by atoms with Crippen LogP contribution in [0.3, 0.4) is 0 Å². The molecule has 23 heavy (non-hydrogen) atoms. The summed E-state index contributed by atoms with van der Waals surface area (Å²) in [5.41, 5.74) is -0.363. The molecule has 1 saturated carbocycles. The summed E-state index contributed by atoms with van der Waals surface area (Å²) in [5, 5.41) is 11.3. The average Bonchev–Trinajstić information content (AvgIpc) is 2.94. The Morgan fingerprint density at radius 2 is 2.09 bits per heavy atom. The quantitative estimate of drug-likeness (QED) is 0.830. The summed E-state index contributed by atoms with van der Waals surface area (Å²) in [5.74, 6) is -0.180. The van der Waals surface area contributed by atoms with E-state index in [9.17, 15) is 18.0 Å². The van der Waals surface area contributed by atoms with Crippen molar-refractivity contribution in [2.45, 2.75) is 37.4 Å². The summed E-state index contributed by atoms with van der Waals surface area (Å²) in [4.78, 5) is 11.9. The maximum absolute atomic E-state index is 13.2. The summed E-state index contributed by atoms with van der Waals surface area (Å²) in [6.45, 7) is 0. The van der Waals surface area contributed by atoms with E-state index in [1.54, 1.807) is 6.07 Å². The smallest absolute Gasteiger partial charge is 0.352 e. The maximum Gasteiger partial charge on any atom is 0.416 e. The van der Waals surface area contributed by atoms with Gasteiger partial charge in [0.2, 0.25) is 5.91 Å². The van der Waals surface area contributed by atoms with Gasteiger partial charge in [0.25, 0.3) is 0 Å². The number of halogens is 3. The summed E-state index contributed by atoms with van der Waals surface area (Å²) in [6.07, 6.45) is -2.31. The molecule has 0 radical (unpaired) electrons. The van der Waals surface area contributed by atoms with Gasteiger partial charge in [0.15, 0.2) is 0 Å². The molecule has 1 N–H and O–H groups in total. The van der Waals surface area contributed by atoms with Crippen molar-refractivity contribution in [1.29, 1.82) is 5.26 Å². The standard InChI is InChI=1S/C16H17F3N2OS/c17-16(18,19)13-6-2-1-4-11(13)12-5-3-7-14(12)21-15(22)10-23-9-8-20/h1-2,4,6,12,14H,3,5,7,9-10H2,(H,21,22). The number of hydrogen-bond acceptors (Lipinski definition) is 3. The van der Waals surface area contributed by atoms with Gasteiger partial charge >= 0.3 is 6.18 Å². The number of carbonyl (C=O) groups is 1. The van der Waals surface area contributed by atoms with Crippen LogP contribution in [0.5, 0.6) is 0 Å². The molecule has 1 aliphatic rings. The number of benzene rings is 1. The fourth-order valence-corrected chi connectivity index (χ4v) is 3.48. The summed E-state index contributed by atoms with van der Waals surface area (Å²) in [7, 11) is 0. The molecule has 124 valence electrons. The van der Waals surface area contributed by atoms with Crippen LogP contribution in [0.4, 0.5) is 13.2 Å². The van der Waals surface area contributed by atoms with Crippen molar-refractivity contribution in [2.24, 2.45) is 0 Å². The van der Waals surface area contributed by atoms with E-state index >= 15 is 0 Å². The normalized spacial score (nSPS) is 21.0. The van der Waals surface area contributed by atoms with E-state index in [4.69, 9.17) is 5.26 Å². The van der Waals surface area contributed by atoms with E-state index in [0.29, 0.717) is 12.8 Å². The molecule has 1 amide bonds. The number of nitriles is 1. The molecule has 1 fully saturated rings. The third kappa shape index (κ3) is 4.64. The molecular weight excluding hydrogens is 325 g/mol. The summed E-state index contributed by atoms with van der Waals surface area (Å²) in [6, 6.07) is 7.23. The second-order valence-electron chi connectivity index (χ2n) is 5.45. The van der Waals surface area contributed by atoms with Gasteiger partial charge in [0, 0.05) is 12.0 Å². The van der Waals surface area contributed by atoms with Gasteiger partial charge in [-0.2, -0.15) is 18.4 Å². The largest absolute Gasteiger partial charge is 0.416 e. The summed E-state index contributed by atoms with van der Waals surface area (Å²) >= 11 is 1.20. The first kappa shape index (κ1) is 17.7. The fourth-order valence-electron chi connectivity index (χ4n) is 3.02. The Balaban J connectivity index is 2.11. The van der Waals surface area contributed by atoms with Crippen LogP contribution in [0, 0.1) is 11.3 Å². The third-order valence-electron chi connectivity index (χ3n) is 3.93. The zero-order valence-electron chi connectivity index (χ0n) is 12.4. The van der Waals surface area contributed by atoms with E-state index in [-0.39, 0.29) is 34.9 Å². The number of thioether (sulfide) groups is 1. The van der Waals surface area contributed by atoms with Crippen molar-refractivity contribution < 1.29 is 18.0 Å². The molecule has 2 atom stereocenters. The minimum Gasteiger partial charge on any atom is -0.352 e. The van der Waals surface area contributed by atoms with E-state index in [2.05, 4.69) is 5.32 Å². The fraction of sp³-hybridized carbons (Fsp3) is 0.500. The molecule has 0 aliphatic heterocycles. The molecule has 1 aromatic carbocycles. The topological polar surface area (TPSA) is 52.9 Å². The van der Waals surface area contributed by atoms with Crippen molar-refractivity contribution >= 4 is 17.7 Å². The van der Waals surface area contributed by atoms with Crippen molar-refractivity contribution in [3.63, 3.8) is 0 Å². The van der Waals surface area contributed by atoms with E-state index in [1.165, 1.54) is 23.9 Å². The Bertz CT molecular complexity index is 598. The first-order chi connectivity index (χ1) is 10.9. The van der Waals surface area contributed by atoms with Crippen LogP contribution in [-0.4, -0.2) is 23.5 Å². The highest BCUT2D eigenvalue weighted by atomic mass is 32.2. The van der Waals surface area contributed by atoms with Crippen molar-refractivity contribution in [1.82, 2.24) is 5.32 Å². The first-order valence-electron chi connectivity index (χ1n) is 7.33. The molecule has 0 heterocycles. The van der Waals surface area contributed by atoms with Gasteiger partial charge in [0.1, 0.15) is 0 Å². The van der Waals surface area contributed by atoms with Crippen molar-refractivity contribution in [3.05, 3.63) is 35.4 Å². The SMILES string of the molecule is N#CCSCC(=O)NC1CCCC1c1ccccc1C(F)(F)F. The lowest BCUT2D eigenvalue weighted by Crippen LogP contribution is -2.38. The Morgan fingerprint density at radius 3 is 2.78 bits per heavy atom. The van der Waals surface area contributed by atoms with Crippen LogP contribution >= 0.6 is 11.8 Å². The second kappa shape index (κ2) is 7.73. The molecule has 1 aromatic rings. The van der Waals surface area contributed by atoms with Gasteiger partial charge in [-0.1, -0.05) is 24.6 Å². The van der Waals surface area contributed by atoms with Gasteiger partial charge in [-0.05, 0) is 24.5 Å². The lowest BCUT2D eigenvalue weighted by Gasteiger charge is -2.24. The van der Waals surface area contributed by atoms with Crippen LogP contribution in [0.15, 0.2) is 24.3 Å². The van der Waals surface area contributed by atoms with Gasteiger partial charge in [-0.25, -0.2) is 0 Å². The van der Waals surface area contributed by atoms with Crippen LogP contribution < -0.4 is 5.32 Å². The van der Waals surface area contributed by atoms with Crippen molar-refractivity contribution in [3.8, 4) is 6.07 Å². The lowest BCUT2D eigenvalue weighted by molar-refractivity contribution is -0.138. The molecule has 0 spiro atoms. The van der Waals surface area contributed by atoms with Crippen LogP contribution in [0.2, 0.25) is 0 Å². The number of hydrogen-bond donors (Lipinski definition) is 1. The predicted octanol–water partition coefficient (Wildman–Crippen LogP) is 3.71. The van der Waals surface area contributed by atoms with Crippen LogP contribution in [0.1, 0.15) is 36.3 Å². The molecule has 2 unspecified atom stereocenters. The Morgan fingerprint density at radius 1 is 1.35 bits per heavy atom. The minimum atomic E-state index is -4.39. The molecular formula is C16H17F3N2OS. The van der Waals surface area contributed by atoms with Gasteiger partial charge < -0.3 is 5.32 Å². The highest BCUT2D eigenvalue weighted by Crippen LogP contribution is 2.41. The molecule has 1 aliphatic carbocycles. The zero-order chi connectivity index (χ0) is 16.9. The van der Waals surface area contributed by atoms with Gasteiger partial charge in [-0.15, -0.1) is 11.8 Å². The van der Waals surface area contributed by atoms with E-state index < -0.39 is 11.7 Å². The zero-order valence-corrected chi connectivity index (χ0v) is 13.2. The highest BCUT2D eigenvalue weighted by Gasteiger charge is 2.38. The Labute approximate surface area is 137 Å². The predicted molar refractivity (Wildman–Crippen MR) is 82.9 cm³/mol. The minimum absolute atomic E-state index is 0.150. The molecule has 0 aromatic heterocycles. The van der Waals surface area contributed by atoms with Gasteiger partial charge in [0.05, 0.1) is 23.1 Å². The molecule has 0 bridgehead atoms. The average molecular weight is 342 g/mol. The van der Waals surface area contributed by atoms with E-state index in [1.807, 2.05) is 6.07 Å². The molecule has 7 heteroatoms. The Hall–Kier alpha value is -1.68. The second-order valence-corrected chi connectivity index (χ2v) is 6.43. The Kier molecular flexibility index (Phi) is 5.94. The van der Waals surface area contributed by atoms with E-state index in [0.717, 1.165) is 12.5 Å². The molecule has 3 nitrogen and oxygen atoms in total. The van der Waals surface area contributed by atoms with Crippen LogP contribution in [0.25, 0.3) is 0 Å². The lowest BCUT2D eigenvalue weighted by atomic mass is 9.90. The number of amides is 1. The number of nitrogens with zero attached hydrogens (tertiary/aromatic N) is 1. The number of alkyl halides is 3. The van der Waals surface area contributed by atoms with Crippen molar-refractivity contribution in [2.75, 3.05) is 11.5 Å². The van der Waals surface area contributed by atoms with Crippen LogP contribution in [-0.2, 0) is 11.0 Å². The number of nitrogens with one attached hydrogen (secondary N) is 1. The monoisotopic (exact) mass is 342 g/mol.